The van der Waals surface area contributed by atoms with Gasteiger partial charge in [-0.15, -0.1) is 0 Å². The summed E-state index contributed by atoms with van der Waals surface area (Å²) in [5.74, 6) is 1.56. The second-order valence-electron chi connectivity index (χ2n) is 7.49. The molecule has 132 valence electrons. The molecule has 0 unspecified atom stereocenters. The molecule has 1 aromatic carbocycles. The SMILES string of the molecule is Cc1c(CNC[C@H]2CCS(=O)(=O)C2)c2ccccc2n1CC(C)C. The van der Waals surface area contributed by atoms with Gasteiger partial charge in [-0.25, -0.2) is 8.42 Å². The summed E-state index contributed by atoms with van der Waals surface area (Å²) in [6, 6.07) is 8.57. The van der Waals surface area contributed by atoms with Crippen molar-refractivity contribution < 1.29 is 8.42 Å². The molecule has 0 spiro atoms. The van der Waals surface area contributed by atoms with Crippen LogP contribution in [-0.4, -0.2) is 31.0 Å². The van der Waals surface area contributed by atoms with E-state index in [0.29, 0.717) is 17.4 Å². The van der Waals surface area contributed by atoms with Gasteiger partial charge in [-0.05, 0) is 43.4 Å². The normalized spacial score (nSPS) is 20.2. The van der Waals surface area contributed by atoms with Gasteiger partial charge < -0.3 is 9.88 Å². The second-order valence-corrected chi connectivity index (χ2v) is 9.71. The lowest BCUT2D eigenvalue weighted by atomic mass is 10.1. The van der Waals surface area contributed by atoms with Crippen LogP contribution in [0.3, 0.4) is 0 Å². The minimum atomic E-state index is -2.79. The predicted octanol–water partition coefficient (Wildman–Crippen LogP) is 3.13. The van der Waals surface area contributed by atoms with Gasteiger partial charge in [0.15, 0.2) is 9.84 Å². The molecule has 0 radical (unpaired) electrons. The Morgan fingerprint density at radius 1 is 1.29 bits per heavy atom. The quantitative estimate of drug-likeness (QED) is 0.872. The Labute approximate surface area is 145 Å². The van der Waals surface area contributed by atoms with Gasteiger partial charge in [0.1, 0.15) is 0 Å². The molecule has 1 N–H and O–H groups in total. The summed E-state index contributed by atoms with van der Waals surface area (Å²) in [7, 11) is -2.79. The van der Waals surface area contributed by atoms with Crippen LogP contribution >= 0.6 is 0 Å². The highest BCUT2D eigenvalue weighted by molar-refractivity contribution is 7.91. The van der Waals surface area contributed by atoms with Crippen LogP contribution in [0.5, 0.6) is 0 Å². The molecule has 1 atom stereocenters. The molecule has 1 fully saturated rings. The summed E-state index contributed by atoms with van der Waals surface area (Å²) in [4.78, 5) is 0. The predicted molar refractivity (Wildman–Crippen MR) is 100.0 cm³/mol. The summed E-state index contributed by atoms with van der Waals surface area (Å²) in [5.41, 5.74) is 3.95. The lowest BCUT2D eigenvalue weighted by molar-refractivity contribution is 0.513. The molecule has 0 amide bonds. The van der Waals surface area contributed by atoms with Gasteiger partial charge in [-0.3, -0.25) is 0 Å². The first kappa shape index (κ1) is 17.5. The zero-order chi connectivity index (χ0) is 17.3. The lowest BCUT2D eigenvalue weighted by Crippen LogP contribution is -2.23. The smallest absolute Gasteiger partial charge is 0.150 e. The van der Waals surface area contributed by atoms with Crippen molar-refractivity contribution >= 4 is 20.7 Å². The summed E-state index contributed by atoms with van der Waals surface area (Å²) in [6.45, 7) is 9.28. The number of aromatic nitrogens is 1. The third-order valence-corrected chi connectivity index (χ3v) is 6.81. The van der Waals surface area contributed by atoms with E-state index in [2.05, 4.69) is 54.9 Å². The minimum absolute atomic E-state index is 0.263. The first-order valence-corrected chi connectivity index (χ1v) is 10.7. The van der Waals surface area contributed by atoms with E-state index in [1.165, 1.54) is 22.2 Å². The topological polar surface area (TPSA) is 51.1 Å². The number of hydrogen-bond acceptors (Lipinski definition) is 3. The molecule has 0 aliphatic carbocycles. The van der Waals surface area contributed by atoms with Crippen molar-refractivity contribution in [3.8, 4) is 0 Å². The molecule has 0 bridgehead atoms. The Kier molecular flexibility index (Phi) is 5.02. The largest absolute Gasteiger partial charge is 0.344 e. The molecule has 3 rings (SSSR count). The number of nitrogens with one attached hydrogen (secondary N) is 1. The van der Waals surface area contributed by atoms with Crippen LogP contribution in [0.1, 0.15) is 31.5 Å². The summed E-state index contributed by atoms with van der Waals surface area (Å²) >= 11 is 0. The van der Waals surface area contributed by atoms with Crippen LogP contribution < -0.4 is 5.32 Å². The van der Waals surface area contributed by atoms with E-state index >= 15 is 0 Å². The number of fused-ring (bicyclic) bond motifs is 1. The third kappa shape index (κ3) is 3.67. The molecule has 1 aliphatic rings. The Hall–Kier alpha value is -1.33. The maximum absolute atomic E-state index is 11.6. The van der Waals surface area contributed by atoms with Crippen LogP contribution in [0, 0.1) is 18.8 Å². The standard InChI is InChI=1S/C19H28N2O2S/c1-14(2)12-21-15(3)18(17-6-4-5-7-19(17)21)11-20-10-16-8-9-24(22,23)13-16/h4-7,14,16,20H,8-13H2,1-3H3/t16-/m1/s1. The molecule has 2 aromatic rings. The fourth-order valence-corrected chi connectivity index (χ4v) is 5.62. The zero-order valence-electron chi connectivity index (χ0n) is 14.9. The van der Waals surface area contributed by atoms with Crippen molar-refractivity contribution in [2.24, 2.45) is 11.8 Å². The van der Waals surface area contributed by atoms with Gasteiger partial charge >= 0.3 is 0 Å². The van der Waals surface area contributed by atoms with Crippen LogP contribution in [0.25, 0.3) is 10.9 Å². The van der Waals surface area contributed by atoms with Crippen molar-refractivity contribution in [2.45, 2.75) is 40.3 Å². The average molecular weight is 349 g/mol. The molecule has 1 aromatic heterocycles. The number of sulfone groups is 1. The van der Waals surface area contributed by atoms with Crippen LogP contribution in [0.15, 0.2) is 24.3 Å². The van der Waals surface area contributed by atoms with Crippen molar-refractivity contribution in [1.29, 1.82) is 0 Å². The highest BCUT2D eigenvalue weighted by Gasteiger charge is 2.27. The van der Waals surface area contributed by atoms with E-state index in [1.807, 2.05) is 0 Å². The van der Waals surface area contributed by atoms with Gasteiger partial charge in [-0.2, -0.15) is 0 Å². The second kappa shape index (κ2) is 6.89. The molecule has 5 heteroatoms. The number of nitrogens with zero attached hydrogens (tertiary/aromatic N) is 1. The molecule has 2 heterocycles. The van der Waals surface area contributed by atoms with Gasteiger partial charge in [-0.1, -0.05) is 32.0 Å². The van der Waals surface area contributed by atoms with E-state index in [-0.39, 0.29) is 5.92 Å². The Bertz CT molecular complexity index is 821. The minimum Gasteiger partial charge on any atom is -0.344 e. The van der Waals surface area contributed by atoms with Gasteiger partial charge in [0.05, 0.1) is 11.5 Å². The number of para-hydroxylation sites is 1. The van der Waals surface area contributed by atoms with E-state index in [1.54, 1.807) is 0 Å². The van der Waals surface area contributed by atoms with E-state index < -0.39 is 9.84 Å². The fraction of sp³-hybridized carbons (Fsp3) is 0.579. The number of benzene rings is 1. The average Bonchev–Trinajstić information content (AvgIpc) is 2.99. The molecule has 1 saturated heterocycles. The van der Waals surface area contributed by atoms with Crippen LogP contribution in [0.4, 0.5) is 0 Å². The molecule has 24 heavy (non-hydrogen) atoms. The summed E-state index contributed by atoms with van der Waals surface area (Å²) in [6.07, 6.45) is 0.795. The molecule has 4 nitrogen and oxygen atoms in total. The fourth-order valence-electron chi connectivity index (χ4n) is 3.76. The zero-order valence-corrected chi connectivity index (χ0v) is 15.7. The summed E-state index contributed by atoms with van der Waals surface area (Å²) < 4.78 is 25.6. The van der Waals surface area contributed by atoms with Gasteiger partial charge in [0.25, 0.3) is 0 Å². The molecular formula is C19H28N2O2S. The first-order valence-electron chi connectivity index (χ1n) is 8.85. The Balaban J connectivity index is 1.76. The van der Waals surface area contributed by atoms with Crippen molar-refractivity contribution in [1.82, 2.24) is 9.88 Å². The van der Waals surface area contributed by atoms with Crippen molar-refractivity contribution in [2.75, 3.05) is 18.1 Å². The maximum atomic E-state index is 11.6. The van der Waals surface area contributed by atoms with E-state index in [9.17, 15) is 8.42 Å². The highest BCUT2D eigenvalue weighted by atomic mass is 32.2. The monoisotopic (exact) mass is 348 g/mol. The third-order valence-electron chi connectivity index (χ3n) is 4.97. The lowest BCUT2D eigenvalue weighted by Gasteiger charge is -2.12. The highest BCUT2D eigenvalue weighted by Crippen LogP contribution is 2.27. The Morgan fingerprint density at radius 2 is 2.04 bits per heavy atom. The van der Waals surface area contributed by atoms with Crippen molar-refractivity contribution in [3.05, 3.63) is 35.5 Å². The van der Waals surface area contributed by atoms with Crippen molar-refractivity contribution in [3.63, 3.8) is 0 Å². The van der Waals surface area contributed by atoms with Crippen LogP contribution in [0.2, 0.25) is 0 Å². The van der Waals surface area contributed by atoms with Crippen LogP contribution in [-0.2, 0) is 22.9 Å². The van der Waals surface area contributed by atoms with Gasteiger partial charge in [0.2, 0.25) is 0 Å². The number of rotatable bonds is 6. The molecular weight excluding hydrogens is 320 g/mol. The maximum Gasteiger partial charge on any atom is 0.150 e. The molecule has 0 saturated carbocycles. The molecule has 1 aliphatic heterocycles. The number of hydrogen-bond donors (Lipinski definition) is 1. The summed E-state index contributed by atoms with van der Waals surface area (Å²) in [5, 5.41) is 4.81. The van der Waals surface area contributed by atoms with E-state index in [4.69, 9.17) is 0 Å². The Morgan fingerprint density at radius 3 is 2.71 bits per heavy atom. The first-order chi connectivity index (χ1) is 11.4. The van der Waals surface area contributed by atoms with Gasteiger partial charge in [0, 0.05) is 29.7 Å². The van der Waals surface area contributed by atoms with E-state index in [0.717, 1.165) is 26.1 Å².